The molecule has 13 nitrogen and oxygen atoms in total. The zero-order chi connectivity index (χ0) is 38.8. The van der Waals surface area contributed by atoms with Crippen molar-refractivity contribution in [1.29, 1.82) is 0 Å². The zero-order valence-corrected chi connectivity index (χ0v) is 32.7. The molecule has 6 heterocycles. The maximum absolute atomic E-state index is 16.8. The summed E-state index contributed by atoms with van der Waals surface area (Å²) in [7, 11) is -1.80. The number of fused-ring (bicyclic) bond motifs is 4. The van der Waals surface area contributed by atoms with Crippen LogP contribution >= 0.6 is 11.6 Å². The highest BCUT2D eigenvalue weighted by molar-refractivity contribution is 7.89. The predicted molar refractivity (Wildman–Crippen MR) is 217 cm³/mol. The summed E-state index contributed by atoms with van der Waals surface area (Å²) < 4.78 is 50.1. The molecule has 1 aliphatic carbocycles. The van der Waals surface area contributed by atoms with Gasteiger partial charge in [-0.2, -0.15) is 18.4 Å². The maximum Gasteiger partial charge on any atom is 0.324 e. The van der Waals surface area contributed by atoms with Crippen molar-refractivity contribution in [3.05, 3.63) is 102 Å². The third kappa shape index (κ3) is 6.85. The largest absolute Gasteiger partial charge is 0.432 e. The summed E-state index contributed by atoms with van der Waals surface area (Å²) in [6.07, 6.45) is 11.4. The molecule has 4 atom stereocenters. The van der Waals surface area contributed by atoms with Crippen LogP contribution in [0.2, 0.25) is 5.02 Å². The highest BCUT2D eigenvalue weighted by atomic mass is 35.5. The van der Waals surface area contributed by atoms with Gasteiger partial charge in [-0.15, -0.1) is 9.19 Å². The highest BCUT2D eigenvalue weighted by Gasteiger charge is 2.35. The first-order valence-electron chi connectivity index (χ1n) is 19.3. The minimum Gasteiger partial charge on any atom is -0.432 e. The molecular formula is C41H40ClFN10O3S. The Hall–Kier alpha value is -5.22. The number of halogens is 2. The van der Waals surface area contributed by atoms with E-state index >= 15 is 4.39 Å². The van der Waals surface area contributed by atoms with E-state index in [0.29, 0.717) is 39.7 Å². The van der Waals surface area contributed by atoms with Crippen LogP contribution in [0.4, 0.5) is 15.9 Å². The lowest BCUT2D eigenvalue weighted by Gasteiger charge is -2.34. The molecule has 6 aromatic rings. The van der Waals surface area contributed by atoms with Crippen molar-refractivity contribution in [2.75, 3.05) is 36.9 Å². The van der Waals surface area contributed by atoms with E-state index in [4.69, 9.17) is 21.3 Å². The molecule has 2 bridgehead atoms. The van der Waals surface area contributed by atoms with Crippen LogP contribution in [-0.4, -0.2) is 93.3 Å². The predicted octanol–water partition coefficient (Wildman–Crippen LogP) is 6.36. The molecular weight excluding hydrogens is 767 g/mol. The third-order valence-corrected chi connectivity index (χ3v) is 13.4. The zero-order valence-electron chi connectivity index (χ0n) is 31.1. The molecule has 16 heteroatoms. The fraction of sp³-hybridized carbons (Fsp3) is 0.341. The molecule has 0 spiro atoms. The number of pyridine rings is 1. The van der Waals surface area contributed by atoms with Gasteiger partial charge in [0, 0.05) is 77.6 Å². The summed E-state index contributed by atoms with van der Waals surface area (Å²) in [5.74, 6) is 0.878. The van der Waals surface area contributed by atoms with Crippen LogP contribution in [0.25, 0.3) is 32.9 Å². The van der Waals surface area contributed by atoms with Crippen molar-refractivity contribution in [2.45, 2.75) is 67.1 Å². The maximum atomic E-state index is 16.8. The van der Waals surface area contributed by atoms with E-state index in [2.05, 4.69) is 40.5 Å². The topological polar surface area (TPSA) is 143 Å². The average Bonchev–Trinajstić information content (AvgIpc) is 3.68. The van der Waals surface area contributed by atoms with Gasteiger partial charge in [-0.1, -0.05) is 41.9 Å². The van der Waals surface area contributed by atoms with Gasteiger partial charge in [0.1, 0.15) is 23.4 Å². The fourth-order valence-corrected chi connectivity index (χ4v) is 9.83. The van der Waals surface area contributed by atoms with E-state index in [-0.39, 0.29) is 40.1 Å². The highest BCUT2D eigenvalue weighted by Crippen LogP contribution is 2.39. The number of anilines is 2. The quantitative estimate of drug-likeness (QED) is 0.149. The number of nitrogens with zero attached hydrogens (tertiary/aromatic N) is 8. The van der Waals surface area contributed by atoms with Crippen LogP contribution in [0.1, 0.15) is 43.8 Å². The molecule has 2 N–H and O–H groups in total. The van der Waals surface area contributed by atoms with Crippen molar-refractivity contribution >= 4 is 54.8 Å². The summed E-state index contributed by atoms with van der Waals surface area (Å²) in [5.41, 5.74) is 1.69. The van der Waals surface area contributed by atoms with Crippen LogP contribution in [0.15, 0.2) is 90.4 Å². The molecule has 10 rings (SSSR count). The Morgan fingerprint density at radius 2 is 1.74 bits per heavy atom. The van der Waals surface area contributed by atoms with Gasteiger partial charge in [-0.05, 0) is 80.9 Å². The molecule has 3 aromatic carbocycles. The van der Waals surface area contributed by atoms with E-state index in [1.807, 2.05) is 43.5 Å². The van der Waals surface area contributed by atoms with E-state index in [1.54, 1.807) is 42.8 Å². The van der Waals surface area contributed by atoms with Crippen molar-refractivity contribution < 1.29 is 17.5 Å². The van der Waals surface area contributed by atoms with Gasteiger partial charge in [0.15, 0.2) is 11.6 Å². The molecule has 4 aliphatic rings. The summed E-state index contributed by atoms with van der Waals surface area (Å²) in [6, 6.07) is 18.8. The second kappa shape index (κ2) is 14.3. The number of ether oxygens (including phenoxy) is 1. The van der Waals surface area contributed by atoms with Crippen LogP contribution < -0.4 is 20.3 Å². The monoisotopic (exact) mass is 806 g/mol. The van der Waals surface area contributed by atoms with Gasteiger partial charge >= 0.3 is 6.01 Å². The second-order valence-corrected chi connectivity index (χ2v) is 17.7. The van der Waals surface area contributed by atoms with Crippen molar-refractivity contribution in [2.24, 2.45) is 0 Å². The van der Waals surface area contributed by atoms with Crippen molar-refractivity contribution in [1.82, 2.24) is 39.3 Å². The average molecular weight is 807 g/mol. The van der Waals surface area contributed by atoms with Crippen molar-refractivity contribution in [3.8, 4) is 17.3 Å². The standard InChI is InChI=1S/C41H40ClFN10O3S/c1-51-20-29(46-26-12-14-31(15-13-26)57(54,55)53-23-45-39(50-53)25-8-9-25)18-30(51)16-17-56-41-48-38-33(40(49-41)52-21-27-10-11-28(22-52)47-27)19-44-37(36(38)43)32-6-2-4-24-5-3-7-34(42)35(24)32/h2-7,12-17,19,23,25,27-30,46-47H,8-11,18,20-22H2,1H3/b17-16+/t27?,28?,29-,30?/m1/s1. The molecule has 4 fully saturated rings. The molecule has 3 aliphatic heterocycles. The Balaban J connectivity index is 0.878. The number of likely N-dealkylation sites (N-methyl/N-ethyl adjacent to an activating group) is 1. The normalized spacial score (nSPS) is 22.6. The fourth-order valence-electron chi connectivity index (χ4n) is 8.49. The molecule has 0 radical (unpaired) electrons. The number of piperazine rings is 1. The second-order valence-electron chi connectivity index (χ2n) is 15.5. The third-order valence-electron chi connectivity index (χ3n) is 11.5. The minimum absolute atomic E-state index is 0.0301. The number of benzene rings is 3. The Morgan fingerprint density at radius 3 is 2.51 bits per heavy atom. The molecule has 1 saturated carbocycles. The molecule has 0 amide bonds. The Bertz CT molecular complexity index is 2640. The van der Waals surface area contributed by atoms with Crippen molar-refractivity contribution in [3.63, 3.8) is 0 Å². The Morgan fingerprint density at radius 1 is 0.965 bits per heavy atom. The van der Waals surface area contributed by atoms with E-state index in [1.165, 1.54) is 6.33 Å². The molecule has 3 aromatic heterocycles. The van der Waals surface area contributed by atoms with Gasteiger partial charge in [0.2, 0.25) is 0 Å². The Labute approximate surface area is 334 Å². The lowest BCUT2D eigenvalue weighted by molar-refractivity contribution is 0.348. The summed E-state index contributed by atoms with van der Waals surface area (Å²) in [5, 5.41) is 14.1. The van der Waals surface area contributed by atoms with Crippen LogP contribution in [-0.2, 0) is 10.0 Å². The molecule has 3 unspecified atom stereocenters. The van der Waals surface area contributed by atoms with Gasteiger partial charge in [0.05, 0.1) is 16.5 Å². The van der Waals surface area contributed by atoms with Crippen LogP contribution in [0.3, 0.4) is 0 Å². The van der Waals surface area contributed by atoms with Crippen LogP contribution in [0.5, 0.6) is 6.01 Å². The van der Waals surface area contributed by atoms with Gasteiger partial charge in [-0.25, -0.2) is 9.37 Å². The molecule has 3 saturated heterocycles. The smallest absolute Gasteiger partial charge is 0.324 e. The Kier molecular flexibility index (Phi) is 9.07. The number of nitrogens with one attached hydrogen (secondary N) is 2. The molecule has 57 heavy (non-hydrogen) atoms. The van der Waals surface area contributed by atoms with E-state index in [9.17, 15) is 8.42 Å². The van der Waals surface area contributed by atoms with Gasteiger partial charge in [-0.3, -0.25) is 9.88 Å². The number of hydrogen-bond donors (Lipinski definition) is 2. The molecule has 292 valence electrons. The van der Waals surface area contributed by atoms with E-state index in [0.717, 1.165) is 72.3 Å². The summed E-state index contributed by atoms with van der Waals surface area (Å²) in [4.78, 5) is 22.9. The van der Waals surface area contributed by atoms with Gasteiger partial charge < -0.3 is 20.3 Å². The van der Waals surface area contributed by atoms with E-state index < -0.39 is 15.8 Å². The minimum atomic E-state index is -3.83. The number of likely N-dealkylation sites (tertiary alicyclic amines) is 1. The SMILES string of the molecule is CN1C[C@H](Nc2ccc(S(=O)(=O)n3cnc(C4CC4)n3)cc2)CC1/C=C/Oc1nc(N2CC3CCC(C2)N3)c2cnc(-c3cccc4cccc(Cl)c34)c(F)c2n1. The first-order valence-corrected chi connectivity index (χ1v) is 21.1. The first-order chi connectivity index (χ1) is 27.7. The lowest BCUT2D eigenvalue weighted by Crippen LogP contribution is -2.51. The van der Waals surface area contributed by atoms with Crippen LogP contribution in [0, 0.1) is 5.82 Å². The summed E-state index contributed by atoms with van der Waals surface area (Å²) >= 11 is 6.64. The number of rotatable bonds is 10. The summed E-state index contributed by atoms with van der Waals surface area (Å²) in [6.45, 7) is 2.23. The first kappa shape index (κ1) is 36.1. The van der Waals surface area contributed by atoms with Gasteiger partial charge in [0.25, 0.3) is 10.0 Å². The number of aromatic nitrogens is 6. The number of hydrogen-bond acceptors (Lipinski definition) is 12. The lowest BCUT2D eigenvalue weighted by atomic mass is 10.0.